The van der Waals surface area contributed by atoms with Gasteiger partial charge >= 0.3 is 6.18 Å². The van der Waals surface area contributed by atoms with Gasteiger partial charge in [-0.15, -0.1) is 0 Å². The van der Waals surface area contributed by atoms with Crippen LogP contribution in [-0.2, 0) is 17.0 Å². The highest BCUT2D eigenvalue weighted by Gasteiger charge is 2.33. The lowest BCUT2D eigenvalue weighted by Gasteiger charge is -2.13. The number of alkyl halides is 3. The summed E-state index contributed by atoms with van der Waals surface area (Å²) in [6.45, 7) is 0. The normalized spacial score (nSPS) is 13.0. The average Bonchev–Trinajstić information content (AvgIpc) is 2.72. The molecule has 1 amide bonds. The Labute approximate surface area is 159 Å². The van der Waals surface area contributed by atoms with Crippen molar-refractivity contribution >= 4 is 61.1 Å². The molecule has 0 bridgehead atoms. The summed E-state index contributed by atoms with van der Waals surface area (Å²) < 4.78 is 51.4. The van der Waals surface area contributed by atoms with Gasteiger partial charge in [-0.05, 0) is 39.8 Å². The predicted molar refractivity (Wildman–Crippen MR) is 93.5 cm³/mol. The largest absolute Gasteiger partial charge is 0.416 e. The number of amides is 1. The monoisotopic (exact) mass is 476 g/mol. The molecule has 6 nitrogen and oxygen atoms in total. The lowest BCUT2D eigenvalue weighted by atomic mass is 10.2. The summed E-state index contributed by atoms with van der Waals surface area (Å²) in [5.41, 5.74) is 10.1. The standard InChI is InChI=1S/C12H9BrClF3N4O2S2/c1-25(23)8-9(18)21(20-10(8)24-11(19)22)7-5(13)2-4(3-6(7)14)12(15,16)17/h2-3H,18H2,1H3,(H2,19,22). The Balaban J connectivity index is 2.71. The molecular formula is C12H9BrClF3N4O2S2. The SMILES string of the molecule is CS(=O)c1c(SC(N)=O)nn(-c2c(Cl)cc(C(F)(F)F)cc2Br)c1N. The predicted octanol–water partition coefficient (Wildman–Crippen LogP) is 3.80. The fraction of sp³-hybridized carbons (Fsp3) is 0.167. The number of primary amides is 1. The molecule has 0 aliphatic carbocycles. The van der Waals surface area contributed by atoms with Crippen LogP contribution in [0, 0.1) is 0 Å². The summed E-state index contributed by atoms with van der Waals surface area (Å²) in [6, 6.07) is 1.53. The number of rotatable bonds is 3. The number of anilines is 1. The molecule has 4 N–H and O–H groups in total. The van der Waals surface area contributed by atoms with Crippen LogP contribution in [0.25, 0.3) is 5.69 Å². The minimum atomic E-state index is -4.59. The molecule has 0 radical (unpaired) electrons. The Hall–Kier alpha value is -1.24. The molecule has 1 aromatic carbocycles. The first kappa shape index (κ1) is 20.1. The Morgan fingerprint density at radius 1 is 1.44 bits per heavy atom. The zero-order valence-electron chi connectivity index (χ0n) is 12.2. The minimum Gasteiger partial charge on any atom is -0.383 e. The van der Waals surface area contributed by atoms with Crippen LogP contribution in [0.15, 0.2) is 26.5 Å². The van der Waals surface area contributed by atoms with Crippen LogP contribution in [0.2, 0.25) is 5.02 Å². The molecule has 2 rings (SSSR count). The Morgan fingerprint density at radius 3 is 2.48 bits per heavy atom. The average molecular weight is 478 g/mol. The maximum absolute atomic E-state index is 12.9. The quantitative estimate of drug-likeness (QED) is 0.655. The van der Waals surface area contributed by atoms with Gasteiger partial charge in [0, 0.05) is 10.7 Å². The molecule has 13 heteroatoms. The van der Waals surface area contributed by atoms with Crippen molar-refractivity contribution in [1.29, 1.82) is 0 Å². The maximum atomic E-state index is 12.9. The van der Waals surface area contributed by atoms with E-state index in [0.717, 1.165) is 10.7 Å². The van der Waals surface area contributed by atoms with Crippen molar-refractivity contribution in [1.82, 2.24) is 9.78 Å². The zero-order valence-corrected chi connectivity index (χ0v) is 16.2. The lowest BCUT2D eigenvalue weighted by Crippen LogP contribution is -2.09. The summed E-state index contributed by atoms with van der Waals surface area (Å²) in [4.78, 5) is 11.2. The summed E-state index contributed by atoms with van der Waals surface area (Å²) in [6.07, 6.45) is -3.28. The van der Waals surface area contributed by atoms with E-state index in [1.807, 2.05) is 0 Å². The maximum Gasteiger partial charge on any atom is 0.416 e. The van der Waals surface area contributed by atoms with Crippen molar-refractivity contribution in [3.63, 3.8) is 0 Å². The molecule has 2 aromatic rings. The highest BCUT2D eigenvalue weighted by atomic mass is 79.9. The van der Waals surface area contributed by atoms with Gasteiger partial charge in [-0.25, -0.2) is 4.68 Å². The molecular weight excluding hydrogens is 469 g/mol. The third kappa shape index (κ3) is 4.13. The highest BCUT2D eigenvalue weighted by molar-refractivity contribution is 9.10. The number of aromatic nitrogens is 2. The van der Waals surface area contributed by atoms with Gasteiger partial charge in [-0.1, -0.05) is 11.6 Å². The fourth-order valence-electron chi connectivity index (χ4n) is 1.93. The zero-order chi connectivity index (χ0) is 19.1. The molecule has 1 aromatic heterocycles. The number of thioether (sulfide) groups is 1. The molecule has 0 saturated carbocycles. The topological polar surface area (TPSA) is 104 Å². The first-order valence-corrected chi connectivity index (χ1v) is 9.73. The van der Waals surface area contributed by atoms with Crippen molar-refractivity contribution in [2.24, 2.45) is 5.73 Å². The third-order valence-corrected chi connectivity index (χ3v) is 5.57. The van der Waals surface area contributed by atoms with Gasteiger partial charge in [0.25, 0.3) is 5.24 Å². The molecule has 0 fully saturated rings. The van der Waals surface area contributed by atoms with Crippen LogP contribution in [-0.4, -0.2) is 25.5 Å². The van der Waals surface area contributed by atoms with Crippen LogP contribution in [0.3, 0.4) is 0 Å². The van der Waals surface area contributed by atoms with Gasteiger partial charge in [0.1, 0.15) is 15.7 Å². The van der Waals surface area contributed by atoms with Crippen LogP contribution in [0.5, 0.6) is 0 Å². The highest BCUT2D eigenvalue weighted by Crippen LogP contribution is 2.40. The molecule has 1 heterocycles. The Morgan fingerprint density at radius 2 is 2.04 bits per heavy atom. The molecule has 25 heavy (non-hydrogen) atoms. The molecule has 0 saturated heterocycles. The van der Waals surface area contributed by atoms with E-state index in [4.69, 9.17) is 23.1 Å². The second-order valence-electron chi connectivity index (χ2n) is 4.59. The number of benzene rings is 1. The van der Waals surface area contributed by atoms with Crippen LogP contribution in [0.1, 0.15) is 5.56 Å². The summed E-state index contributed by atoms with van der Waals surface area (Å²) in [7, 11) is -1.63. The van der Waals surface area contributed by atoms with Crippen molar-refractivity contribution < 1.29 is 22.2 Å². The van der Waals surface area contributed by atoms with E-state index in [-0.39, 0.29) is 30.9 Å². The number of carbonyl (C=O) groups is 1. The van der Waals surface area contributed by atoms with Gasteiger partial charge in [0.2, 0.25) is 0 Å². The van der Waals surface area contributed by atoms with Crippen LogP contribution in [0.4, 0.5) is 23.8 Å². The lowest BCUT2D eigenvalue weighted by molar-refractivity contribution is -0.137. The van der Waals surface area contributed by atoms with Crippen molar-refractivity contribution in [2.75, 3.05) is 12.0 Å². The van der Waals surface area contributed by atoms with E-state index in [0.29, 0.717) is 17.8 Å². The van der Waals surface area contributed by atoms with Gasteiger partial charge in [-0.2, -0.15) is 18.3 Å². The van der Waals surface area contributed by atoms with E-state index in [9.17, 15) is 22.2 Å². The van der Waals surface area contributed by atoms with Gasteiger partial charge in [0.05, 0.1) is 27.1 Å². The van der Waals surface area contributed by atoms with Crippen LogP contribution >= 0.6 is 39.3 Å². The molecule has 0 spiro atoms. The molecule has 0 aliphatic heterocycles. The third-order valence-electron chi connectivity index (χ3n) is 2.89. The molecule has 136 valence electrons. The van der Waals surface area contributed by atoms with E-state index >= 15 is 0 Å². The number of carbonyl (C=O) groups excluding carboxylic acids is 1. The van der Waals surface area contributed by atoms with Gasteiger partial charge in [0.15, 0.2) is 0 Å². The minimum absolute atomic E-state index is 0.00943. The molecule has 1 atom stereocenters. The molecule has 0 aliphatic rings. The number of halogens is 5. The smallest absolute Gasteiger partial charge is 0.383 e. The number of hydrogen-bond donors (Lipinski definition) is 2. The Bertz CT molecular complexity index is 865. The first-order chi connectivity index (χ1) is 11.4. The van der Waals surface area contributed by atoms with Crippen molar-refractivity contribution in [3.05, 3.63) is 27.2 Å². The molecule has 1 unspecified atom stereocenters. The van der Waals surface area contributed by atoms with E-state index < -0.39 is 27.8 Å². The van der Waals surface area contributed by atoms with E-state index in [1.165, 1.54) is 6.26 Å². The van der Waals surface area contributed by atoms with Crippen molar-refractivity contribution in [3.8, 4) is 5.69 Å². The van der Waals surface area contributed by atoms with Crippen molar-refractivity contribution in [2.45, 2.75) is 16.1 Å². The van der Waals surface area contributed by atoms with E-state index in [2.05, 4.69) is 21.0 Å². The number of hydrogen-bond acceptors (Lipinski definition) is 5. The van der Waals surface area contributed by atoms with Gasteiger partial charge < -0.3 is 11.5 Å². The van der Waals surface area contributed by atoms with Gasteiger partial charge in [-0.3, -0.25) is 9.00 Å². The fourth-order valence-corrected chi connectivity index (χ4v) is 4.63. The summed E-state index contributed by atoms with van der Waals surface area (Å²) in [5, 5.41) is 2.90. The van der Waals surface area contributed by atoms with E-state index in [1.54, 1.807) is 0 Å². The number of nitrogens with two attached hydrogens (primary N) is 2. The second kappa shape index (κ2) is 7.17. The summed E-state index contributed by atoms with van der Waals surface area (Å²) >= 11 is 9.48. The van der Waals surface area contributed by atoms with Crippen LogP contribution < -0.4 is 11.5 Å². The number of nitrogens with zero attached hydrogens (tertiary/aromatic N) is 2. The number of nitrogen functional groups attached to an aromatic ring is 1. The second-order valence-corrected chi connectivity index (χ2v) is 8.16. The Kier molecular flexibility index (Phi) is 5.76. The first-order valence-electron chi connectivity index (χ1n) is 6.19. The summed E-state index contributed by atoms with van der Waals surface area (Å²) in [5.74, 6) is -0.132.